The van der Waals surface area contributed by atoms with Crippen molar-refractivity contribution >= 4 is 28.2 Å². The van der Waals surface area contributed by atoms with Crippen molar-refractivity contribution in [1.82, 2.24) is 19.6 Å². The Morgan fingerprint density at radius 2 is 1.84 bits per heavy atom. The molecular weight excluding hydrogens is 400 g/mol. The van der Waals surface area contributed by atoms with Gasteiger partial charge in [0, 0.05) is 23.1 Å². The molecule has 31 heavy (non-hydrogen) atoms. The fourth-order valence-corrected chi connectivity index (χ4v) is 3.60. The number of ether oxygens (including phenoxy) is 3. The first-order valence-electron chi connectivity index (χ1n) is 9.62. The Kier molecular flexibility index (Phi) is 5.38. The number of nitrogens with one attached hydrogen (secondary N) is 1. The molecule has 0 saturated heterocycles. The van der Waals surface area contributed by atoms with Crippen molar-refractivity contribution < 1.29 is 19.3 Å². The van der Waals surface area contributed by atoms with Gasteiger partial charge in [-0.1, -0.05) is 6.07 Å². The minimum atomic E-state index is -0.694. The number of nitrogens with zero attached hydrogens (tertiary/aromatic N) is 4. The Balaban J connectivity index is 1.88. The summed E-state index contributed by atoms with van der Waals surface area (Å²) in [6, 6.07) is 9.27. The molecule has 0 aliphatic carbocycles. The van der Waals surface area contributed by atoms with E-state index in [9.17, 15) is 5.11 Å². The van der Waals surface area contributed by atoms with Crippen LogP contribution in [-0.4, -0.2) is 52.2 Å². The zero-order valence-electron chi connectivity index (χ0n) is 17.7. The highest BCUT2D eigenvalue weighted by atomic mass is 16.5. The van der Waals surface area contributed by atoms with Gasteiger partial charge < -0.3 is 30.4 Å². The smallest absolute Gasteiger partial charge is 0.240 e. The summed E-state index contributed by atoms with van der Waals surface area (Å²) in [6.07, 6.45) is -0.312. The molecule has 0 radical (unpaired) electrons. The summed E-state index contributed by atoms with van der Waals surface area (Å²) in [6.45, 7) is 1.65. The van der Waals surface area contributed by atoms with Gasteiger partial charge in [-0.3, -0.25) is 0 Å². The summed E-state index contributed by atoms with van der Waals surface area (Å²) in [7, 11) is 4.71. The van der Waals surface area contributed by atoms with Gasteiger partial charge in [-0.2, -0.15) is 9.50 Å². The van der Waals surface area contributed by atoms with Gasteiger partial charge in [0.15, 0.2) is 17.1 Å². The molecule has 0 fully saturated rings. The molecule has 0 spiro atoms. The largest absolute Gasteiger partial charge is 0.493 e. The van der Waals surface area contributed by atoms with Crippen LogP contribution in [0.25, 0.3) is 16.6 Å². The number of aliphatic hydroxyl groups excluding tert-OH is 1. The number of hydrogen-bond donors (Lipinski definition) is 3. The Bertz CT molecular complexity index is 1250. The number of aromatic nitrogens is 4. The van der Waals surface area contributed by atoms with Gasteiger partial charge in [0.1, 0.15) is 12.1 Å². The number of aliphatic hydroxyl groups is 1. The molecule has 162 valence electrons. The second-order valence-electron chi connectivity index (χ2n) is 6.96. The van der Waals surface area contributed by atoms with Crippen molar-refractivity contribution in [1.29, 1.82) is 0 Å². The van der Waals surface area contributed by atoms with E-state index in [1.807, 2.05) is 30.3 Å². The van der Waals surface area contributed by atoms with E-state index in [0.717, 1.165) is 16.6 Å². The van der Waals surface area contributed by atoms with Gasteiger partial charge >= 0.3 is 0 Å². The van der Waals surface area contributed by atoms with Crippen LogP contribution in [0.2, 0.25) is 0 Å². The summed E-state index contributed by atoms with van der Waals surface area (Å²) < 4.78 is 18.1. The molecule has 0 saturated carbocycles. The van der Waals surface area contributed by atoms with Crippen LogP contribution in [0, 0.1) is 0 Å². The summed E-state index contributed by atoms with van der Waals surface area (Å²) in [4.78, 5) is 9.19. The number of benzene rings is 2. The molecule has 2 aromatic carbocycles. The zero-order valence-corrected chi connectivity index (χ0v) is 17.7. The molecule has 2 heterocycles. The maximum absolute atomic E-state index is 9.64. The normalized spacial score (nSPS) is 12.2. The van der Waals surface area contributed by atoms with Crippen LogP contribution in [0.15, 0.2) is 30.3 Å². The third-order valence-electron chi connectivity index (χ3n) is 4.87. The van der Waals surface area contributed by atoms with Crippen molar-refractivity contribution in [2.45, 2.75) is 19.6 Å². The quantitative estimate of drug-likeness (QED) is 0.382. The van der Waals surface area contributed by atoms with Crippen LogP contribution in [0.3, 0.4) is 0 Å². The van der Waals surface area contributed by atoms with E-state index >= 15 is 0 Å². The first-order chi connectivity index (χ1) is 14.9. The highest BCUT2D eigenvalue weighted by Crippen LogP contribution is 2.40. The van der Waals surface area contributed by atoms with Crippen LogP contribution in [-0.2, 0) is 6.42 Å². The molecular formula is C21H24N6O4. The van der Waals surface area contributed by atoms with Crippen LogP contribution in [0.4, 0.5) is 11.6 Å². The first kappa shape index (κ1) is 20.5. The molecule has 4 rings (SSSR count). The molecule has 10 heteroatoms. The number of methoxy groups -OCH3 is 3. The molecule has 4 aromatic rings. The van der Waals surface area contributed by atoms with Crippen LogP contribution in [0.1, 0.15) is 18.3 Å². The summed E-state index contributed by atoms with van der Waals surface area (Å²) >= 11 is 0. The van der Waals surface area contributed by atoms with E-state index in [1.165, 1.54) is 0 Å². The van der Waals surface area contributed by atoms with E-state index in [0.29, 0.717) is 40.7 Å². The average Bonchev–Trinajstić information content (AvgIpc) is 3.14. The van der Waals surface area contributed by atoms with Crippen molar-refractivity contribution in [3.8, 4) is 17.2 Å². The standard InChI is InChI=1S/C21H24N6O4/c1-11(28)23-13-6-7-14-15(10-13)24-17(27-20(14)25-21(22)26-27)9-12-5-8-16(29-2)19(31-4)18(12)30-3/h5-8,10-11,23,28H,9H2,1-4H3,(H2,22,26). The lowest BCUT2D eigenvalue weighted by Crippen LogP contribution is -2.13. The Hall–Kier alpha value is -3.79. The first-order valence-corrected chi connectivity index (χ1v) is 9.62. The molecule has 2 aromatic heterocycles. The molecule has 0 aliphatic rings. The van der Waals surface area contributed by atoms with Crippen LogP contribution < -0.4 is 25.3 Å². The third-order valence-corrected chi connectivity index (χ3v) is 4.87. The number of anilines is 2. The van der Waals surface area contributed by atoms with Gasteiger partial charge in [0.2, 0.25) is 11.7 Å². The third kappa shape index (κ3) is 3.73. The summed E-state index contributed by atoms with van der Waals surface area (Å²) in [5, 5.41) is 17.7. The Labute approximate surface area is 178 Å². The maximum Gasteiger partial charge on any atom is 0.240 e. The fraction of sp³-hybridized carbons (Fsp3) is 0.286. The fourth-order valence-electron chi connectivity index (χ4n) is 3.60. The Morgan fingerprint density at radius 3 is 2.52 bits per heavy atom. The van der Waals surface area contributed by atoms with Gasteiger partial charge in [0.05, 0.1) is 26.8 Å². The number of fused-ring (bicyclic) bond motifs is 3. The maximum atomic E-state index is 9.64. The molecule has 0 aliphatic heterocycles. The molecule has 1 unspecified atom stereocenters. The molecule has 10 nitrogen and oxygen atoms in total. The highest BCUT2D eigenvalue weighted by Gasteiger charge is 2.19. The number of nitrogens with two attached hydrogens (primary N) is 1. The van der Waals surface area contributed by atoms with Gasteiger partial charge in [-0.05, 0) is 31.2 Å². The van der Waals surface area contributed by atoms with Crippen LogP contribution in [0.5, 0.6) is 17.2 Å². The summed E-state index contributed by atoms with van der Waals surface area (Å²) in [5.41, 5.74) is 8.77. The average molecular weight is 424 g/mol. The van der Waals surface area contributed by atoms with E-state index in [-0.39, 0.29) is 5.95 Å². The lowest BCUT2D eigenvalue weighted by molar-refractivity contribution is 0.224. The number of rotatable bonds is 7. The van der Waals surface area contributed by atoms with E-state index in [1.54, 1.807) is 32.8 Å². The van der Waals surface area contributed by atoms with Crippen molar-refractivity contribution in [3.05, 3.63) is 41.7 Å². The highest BCUT2D eigenvalue weighted by molar-refractivity contribution is 5.93. The molecule has 0 amide bonds. The lowest BCUT2D eigenvalue weighted by Gasteiger charge is -2.16. The molecule has 0 bridgehead atoms. The monoisotopic (exact) mass is 424 g/mol. The second kappa shape index (κ2) is 8.15. The van der Waals surface area contributed by atoms with Gasteiger partial charge in [-0.15, -0.1) is 5.10 Å². The van der Waals surface area contributed by atoms with Crippen LogP contribution >= 0.6 is 0 Å². The summed E-state index contributed by atoms with van der Waals surface area (Å²) in [5.74, 6) is 2.39. The SMILES string of the molecule is COc1ccc(Cc2nc3cc(NC(C)O)ccc3c3nc(N)nn23)c(OC)c1OC. The minimum Gasteiger partial charge on any atom is -0.493 e. The minimum absolute atomic E-state index is 0.154. The van der Waals surface area contributed by atoms with E-state index < -0.39 is 6.23 Å². The van der Waals surface area contributed by atoms with Gasteiger partial charge in [-0.25, -0.2) is 4.98 Å². The molecule has 1 atom stereocenters. The predicted molar refractivity (Wildman–Crippen MR) is 117 cm³/mol. The number of nitrogen functional groups attached to an aromatic ring is 1. The predicted octanol–water partition coefficient (Wildman–Crippen LogP) is 2.23. The Morgan fingerprint density at radius 1 is 1.06 bits per heavy atom. The van der Waals surface area contributed by atoms with Gasteiger partial charge in [0.25, 0.3) is 0 Å². The van der Waals surface area contributed by atoms with Crippen molar-refractivity contribution in [2.75, 3.05) is 32.4 Å². The topological polar surface area (TPSA) is 129 Å². The van der Waals surface area contributed by atoms with E-state index in [4.69, 9.17) is 24.9 Å². The molecule has 4 N–H and O–H groups in total. The van der Waals surface area contributed by atoms with E-state index in [2.05, 4.69) is 15.4 Å². The zero-order chi connectivity index (χ0) is 22.1. The second-order valence-corrected chi connectivity index (χ2v) is 6.96. The lowest BCUT2D eigenvalue weighted by atomic mass is 10.1. The number of hydrogen-bond acceptors (Lipinski definition) is 9. The van der Waals surface area contributed by atoms with Crippen molar-refractivity contribution in [3.63, 3.8) is 0 Å². The van der Waals surface area contributed by atoms with Crippen molar-refractivity contribution in [2.24, 2.45) is 0 Å².